The van der Waals surface area contributed by atoms with Crippen LogP contribution >= 0.6 is 11.8 Å². The number of thioether (sulfide) groups is 1. The number of aliphatic imine (C=N–C) groups is 1. The van der Waals surface area contributed by atoms with E-state index in [0.29, 0.717) is 18.4 Å². The Morgan fingerprint density at radius 1 is 1.41 bits per heavy atom. The molecule has 1 aliphatic heterocycles. The Bertz CT molecular complexity index is 412. The first-order chi connectivity index (χ1) is 10.3. The van der Waals surface area contributed by atoms with Gasteiger partial charge in [-0.25, -0.2) is 4.79 Å². The van der Waals surface area contributed by atoms with E-state index in [9.17, 15) is 4.79 Å². The third-order valence-electron chi connectivity index (χ3n) is 3.68. The number of guanidine groups is 1. The SMILES string of the molecule is CC(C)(C)OC(=O)NC(CN=C(N)N1CCSCC1)C1CC1. The van der Waals surface area contributed by atoms with Gasteiger partial charge in [-0.2, -0.15) is 11.8 Å². The first kappa shape index (κ1) is 17.2. The van der Waals surface area contributed by atoms with Crippen LogP contribution in [0, 0.1) is 5.92 Å². The number of ether oxygens (including phenoxy) is 1. The molecule has 2 rings (SSSR count). The summed E-state index contributed by atoms with van der Waals surface area (Å²) in [6.07, 6.45) is 1.90. The van der Waals surface area contributed by atoms with Crippen LogP contribution in [0.4, 0.5) is 4.79 Å². The molecule has 0 bridgehead atoms. The van der Waals surface area contributed by atoms with E-state index in [1.54, 1.807) is 0 Å². The highest BCUT2D eigenvalue weighted by Gasteiger charge is 2.33. The molecule has 3 N–H and O–H groups in total. The minimum Gasteiger partial charge on any atom is -0.444 e. The topological polar surface area (TPSA) is 79.9 Å². The summed E-state index contributed by atoms with van der Waals surface area (Å²) in [4.78, 5) is 18.5. The molecular formula is C15H28N4O2S. The highest BCUT2D eigenvalue weighted by molar-refractivity contribution is 7.99. The molecule has 0 aromatic carbocycles. The molecule has 0 aromatic rings. The molecule has 0 radical (unpaired) electrons. The summed E-state index contributed by atoms with van der Waals surface area (Å²) in [7, 11) is 0. The number of hydrogen-bond acceptors (Lipinski definition) is 4. The zero-order valence-electron chi connectivity index (χ0n) is 13.8. The van der Waals surface area contributed by atoms with Crippen LogP contribution in [0.2, 0.25) is 0 Å². The quantitative estimate of drug-likeness (QED) is 0.606. The molecule has 0 aromatic heterocycles. The van der Waals surface area contributed by atoms with Gasteiger partial charge in [0.25, 0.3) is 0 Å². The average Bonchev–Trinajstić information content (AvgIpc) is 3.26. The lowest BCUT2D eigenvalue weighted by Gasteiger charge is -2.28. The highest BCUT2D eigenvalue weighted by Crippen LogP contribution is 2.33. The highest BCUT2D eigenvalue weighted by atomic mass is 32.2. The molecule has 22 heavy (non-hydrogen) atoms. The number of alkyl carbamates (subject to hydrolysis) is 1. The van der Waals surface area contributed by atoms with Crippen LogP contribution in [0.15, 0.2) is 4.99 Å². The second-order valence-corrected chi connectivity index (χ2v) is 8.11. The summed E-state index contributed by atoms with van der Waals surface area (Å²) in [5, 5.41) is 2.95. The Balaban J connectivity index is 1.84. The summed E-state index contributed by atoms with van der Waals surface area (Å²) in [5.41, 5.74) is 5.59. The molecule has 7 heteroatoms. The second-order valence-electron chi connectivity index (χ2n) is 6.89. The van der Waals surface area contributed by atoms with Gasteiger partial charge in [0.2, 0.25) is 0 Å². The number of rotatable bonds is 4. The largest absolute Gasteiger partial charge is 0.444 e. The van der Waals surface area contributed by atoms with Gasteiger partial charge in [-0.1, -0.05) is 0 Å². The standard InChI is InChI=1S/C15H28N4O2S/c1-15(2,3)21-14(20)18-12(11-4-5-11)10-17-13(16)19-6-8-22-9-7-19/h11-12H,4-10H2,1-3H3,(H2,16,17)(H,18,20). The van der Waals surface area contributed by atoms with Crippen molar-refractivity contribution < 1.29 is 9.53 Å². The van der Waals surface area contributed by atoms with Crippen molar-refractivity contribution in [3.8, 4) is 0 Å². The minimum atomic E-state index is -0.480. The maximum Gasteiger partial charge on any atom is 0.407 e. The van der Waals surface area contributed by atoms with Crippen LogP contribution in [0.1, 0.15) is 33.6 Å². The Hall–Kier alpha value is -1.11. The van der Waals surface area contributed by atoms with E-state index in [2.05, 4.69) is 15.2 Å². The van der Waals surface area contributed by atoms with Gasteiger partial charge >= 0.3 is 6.09 Å². The van der Waals surface area contributed by atoms with Crippen molar-refractivity contribution in [1.82, 2.24) is 10.2 Å². The van der Waals surface area contributed by atoms with Crippen molar-refractivity contribution in [3.63, 3.8) is 0 Å². The first-order valence-corrected chi connectivity index (χ1v) is 9.13. The zero-order chi connectivity index (χ0) is 16.2. The van der Waals surface area contributed by atoms with E-state index in [4.69, 9.17) is 10.5 Å². The van der Waals surface area contributed by atoms with Crippen LogP contribution < -0.4 is 11.1 Å². The van der Waals surface area contributed by atoms with Crippen LogP contribution in [-0.2, 0) is 4.74 Å². The predicted molar refractivity (Wildman–Crippen MR) is 91.3 cm³/mol. The summed E-state index contributed by atoms with van der Waals surface area (Å²) in [6.45, 7) is 8.02. The van der Waals surface area contributed by atoms with E-state index in [1.165, 1.54) is 0 Å². The monoisotopic (exact) mass is 328 g/mol. The van der Waals surface area contributed by atoms with Crippen molar-refractivity contribution in [1.29, 1.82) is 0 Å². The normalized spacial score (nSPS) is 21.4. The van der Waals surface area contributed by atoms with Crippen molar-refractivity contribution in [2.45, 2.75) is 45.3 Å². The molecule has 2 aliphatic rings. The molecule has 1 aliphatic carbocycles. The first-order valence-electron chi connectivity index (χ1n) is 7.97. The number of amides is 1. The fourth-order valence-corrected chi connectivity index (χ4v) is 3.26. The number of nitrogens with two attached hydrogens (primary N) is 1. The maximum atomic E-state index is 11.9. The summed E-state index contributed by atoms with van der Waals surface area (Å²) in [6, 6.07) is 0.0209. The van der Waals surface area contributed by atoms with E-state index in [0.717, 1.165) is 37.4 Å². The number of hydrogen-bond donors (Lipinski definition) is 2. The van der Waals surface area contributed by atoms with Crippen LogP contribution in [0.25, 0.3) is 0 Å². The van der Waals surface area contributed by atoms with Crippen LogP contribution in [0.3, 0.4) is 0 Å². The van der Waals surface area contributed by atoms with Crippen molar-refractivity contribution >= 4 is 23.8 Å². The number of carbonyl (C=O) groups excluding carboxylic acids is 1. The molecule has 6 nitrogen and oxygen atoms in total. The van der Waals surface area contributed by atoms with E-state index >= 15 is 0 Å². The fourth-order valence-electron chi connectivity index (χ4n) is 2.35. The van der Waals surface area contributed by atoms with Gasteiger partial charge in [-0.15, -0.1) is 0 Å². The Morgan fingerprint density at radius 3 is 2.59 bits per heavy atom. The van der Waals surface area contributed by atoms with Gasteiger partial charge in [0.05, 0.1) is 12.6 Å². The smallest absolute Gasteiger partial charge is 0.407 e. The summed E-state index contributed by atoms with van der Waals surface area (Å²) < 4.78 is 5.33. The Morgan fingerprint density at radius 2 is 2.05 bits per heavy atom. The molecule has 1 amide bonds. The number of carbonyl (C=O) groups is 1. The lowest BCUT2D eigenvalue weighted by molar-refractivity contribution is 0.0500. The number of nitrogens with zero attached hydrogens (tertiary/aromatic N) is 2. The third-order valence-corrected chi connectivity index (χ3v) is 4.62. The zero-order valence-corrected chi connectivity index (χ0v) is 14.6. The van der Waals surface area contributed by atoms with E-state index < -0.39 is 5.60 Å². The molecule has 1 heterocycles. The molecule has 1 atom stereocenters. The Labute approximate surface area is 137 Å². The molecule has 2 fully saturated rings. The third kappa shape index (κ3) is 5.94. The lowest BCUT2D eigenvalue weighted by Crippen LogP contribution is -2.45. The minimum absolute atomic E-state index is 0.0209. The molecule has 126 valence electrons. The molecular weight excluding hydrogens is 300 g/mol. The van der Waals surface area contributed by atoms with Gasteiger partial charge in [-0.3, -0.25) is 4.99 Å². The molecule has 1 unspecified atom stereocenters. The summed E-state index contributed by atoms with van der Waals surface area (Å²) in [5.74, 6) is 3.29. The van der Waals surface area contributed by atoms with Crippen molar-refractivity contribution in [3.05, 3.63) is 0 Å². The Kier molecular flexibility index (Phi) is 5.83. The number of nitrogens with one attached hydrogen (secondary N) is 1. The van der Waals surface area contributed by atoms with E-state index in [1.807, 2.05) is 32.5 Å². The molecule has 1 saturated heterocycles. The van der Waals surface area contributed by atoms with Gasteiger partial charge in [0, 0.05) is 24.6 Å². The van der Waals surface area contributed by atoms with Crippen LogP contribution in [-0.4, -0.2) is 59.7 Å². The van der Waals surface area contributed by atoms with Crippen molar-refractivity contribution in [2.75, 3.05) is 31.1 Å². The fraction of sp³-hybridized carbons (Fsp3) is 0.867. The van der Waals surface area contributed by atoms with Crippen molar-refractivity contribution in [2.24, 2.45) is 16.6 Å². The lowest BCUT2D eigenvalue weighted by atomic mass is 10.2. The van der Waals surface area contributed by atoms with Gasteiger partial charge in [-0.05, 0) is 39.5 Å². The van der Waals surface area contributed by atoms with Gasteiger partial charge < -0.3 is 20.7 Å². The van der Waals surface area contributed by atoms with Gasteiger partial charge in [0.1, 0.15) is 5.60 Å². The summed E-state index contributed by atoms with van der Waals surface area (Å²) >= 11 is 1.94. The van der Waals surface area contributed by atoms with Gasteiger partial charge in [0.15, 0.2) is 5.96 Å². The molecule has 1 saturated carbocycles. The maximum absolute atomic E-state index is 11.9. The predicted octanol–water partition coefficient (Wildman–Crippen LogP) is 1.65. The second kappa shape index (κ2) is 7.44. The van der Waals surface area contributed by atoms with E-state index in [-0.39, 0.29) is 12.1 Å². The average molecular weight is 328 g/mol. The molecule has 0 spiro atoms. The van der Waals surface area contributed by atoms with Crippen LogP contribution in [0.5, 0.6) is 0 Å².